The Labute approximate surface area is 100 Å². The number of fused-ring (bicyclic) bond motifs is 1. The molecule has 2 aromatic rings. The maximum absolute atomic E-state index is 4.46. The molecule has 1 N–H and O–H groups in total. The Morgan fingerprint density at radius 2 is 2.00 bits per heavy atom. The van der Waals surface area contributed by atoms with Crippen LogP contribution in [0.2, 0.25) is 0 Å². The van der Waals surface area contributed by atoms with Gasteiger partial charge < -0.3 is 4.90 Å². The Kier molecular flexibility index (Phi) is 2.46. The highest BCUT2D eigenvalue weighted by Gasteiger charge is 2.27. The molecule has 1 fully saturated rings. The minimum atomic E-state index is 0.534. The van der Waals surface area contributed by atoms with Crippen molar-refractivity contribution in [2.75, 3.05) is 4.90 Å². The zero-order valence-electron chi connectivity index (χ0n) is 10.2. The Bertz CT molecular complexity index is 510. The van der Waals surface area contributed by atoms with Gasteiger partial charge in [-0.3, -0.25) is 5.10 Å². The molecule has 0 saturated carbocycles. The first kappa shape index (κ1) is 10.5. The summed E-state index contributed by atoms with van der Waals surface area (Å²) in [7, 11) is 0. The lowest BCUT2D eigenvalue weighted by atomic mass is 9.97. The third-order valence-electron chi connectivity index (χ3n) is 3.67. The Hall–Kier alpha value is -1.65. The van der Waals surface area contributed by atoms with Gasteiger partial charge in [0.15, 0.2) is 5.65 Å². The first-order valence-electron chi connectivity index (χ1n) is 6.20. The van der Waals surface area contributed by atoms with Crippen LogP contribution in [0.15, 0.2) is 12.5 Å². The fraction of sp³-hybridized carbons (Fsp3) is 0.583. The number of hydrogen-bond acceptors (Lipinski definition) is 4. The fourth-order valence-corrected chi connectivity index (χ4v) is 2.80. The van der Waals surface area contributed by atoms with Crippen molar-refractivity contribution in [1.29, 1.82) is 0 Å². The van der Waals surface area contributed by atoms with Crippen LogP contribution in [0.25, 0.3) is 11.0 Å². The van der Waals surface area contributed by atoms with Crippen molar-refractivity contribution in [3.63, 3.8) is 0 Å². The van der Waals surface area contributed by atoms with E-state index in [0.717, 1.165) is 16.9 Å². The number of H-pyrrole nitrogens is 1. The smallest absolute Gasteiger partial charge is 0.160 e. The van der Waals surface area contributed by atoms with Crippen molar-refractivity contribution in [2.24, 2.45) is 0 Å². The van der Waals surface area contributed by atoms with E-state index in [2.05, 4.69) is 38.9 Å². The SMILES string of the molecule is C[C@@H]1CCC[C@@H](C)N1c1ncnc2[nH]ncc12. The molecule has 0 aliphatic carbocycles. The predicted octanol–water partition coefficient (Wildman–Crippen LogP) is 2.12. The monoisotopic (exact) mass is 231 g/mol. The zero-order valence-corrected chi connectivity index (χ0v) is 10.2. The molecule has 3 heterocycles. The third-order valence-corrected chi connectivity index (χ3v) is 3.67. The molecule has 5 heteroatoms. The molecule has 2 aromatic heterocycles. The topological polar surface area (TPSA) is 57.7 Å². The number of aromatic amines is 1. The van der Waals surface area contributed by atoms with Gasteiger partial charge in [-0.05, 0) is 33.1 Å². The summed E-state index contributed by atoms with van der Waals surface area (Å²) < 4.78 is 0. The molecule has 0 aromatic carbocycles. The Morgan fingerprint density at radius 3 is 2.76 bits per heavy atom. The van der Waals surface area contributed by atoms with E-state index < -0.39 is 0 Å². The lowest BCUT2D eigenvalue weighted by molar-refractivity contribution is 0.412. The molecular weight excluding hydrogens is 214 g/mol. The molecule has 1 aliphatic rings. The first-order chi connectivity index (χ1) is 8.27. The van der Waals surface area contributed by atoms with Crippen molar-refractivity contribution >= 4 is 16.9 Å². The Balaban J connectivity index is 2.10. The van der Waals surface area contributed by atoms with E-state index in [1.165, 1.54) is 19.3 Å². The van der Waals surface area contributed by atoms with Crippen molar-refractivity contribution in [3.05, 3.63) is 12.5 Å². The molecule has 0 spiro atoms. The summed E-state index contributed by atoms with van der Waals surface area (Å²) in [4.78, 5) is 11.1. The molecule has 0 bridgehead atoms. The standard InChI is InChI=1S/C12H17N5/c1-8-4-3-5-9(2)17(8)12-10-6-15-16-11(10)13-7-14-12/h6-9H,3-5H2,1-2H3,(H,13,14,15,16)/t8-,9-/m1/s1. The highest BCUT2D eigenvalue weighted by molar-refractivity contribution is 5.86. The highest BCUT2D eigenvalue weighted by Crippen LogP contribution is 2.31. The lowest BCUT2D eigenvalue weighted by Gasteiger charge is -2.40. The van der Waals surface area contributed by atoms with Crippen molar-refractivity contribution in [1.82, 2.24) is 20.2 Å². The van der Waals surface area contributed by atoms with Crippen LogP contribution in [0.1, 0.15) is 33.1 Å². The van der Waals surface area contributed by atoms with Crippen LogP contribution >= 0.6 is 0 Å². The summed E-state index contributed by atoms with van der Waals surface area (Å²) in [6.45, 7) is 4.54. The molecule has 3 rings (SSSR count). The molecule has 0 unspecified atom stereocenters. The summed E-state index contributed by atoms with van der Waals surface area (Å²) >= 11 is 0. The van der Waals surface area contributed by atoms with Crippen molar-refractivity contribution in [3.8, 4) is 0 Å². The summed E-state index contributed by atoms with van der Waals surface area (Å²) in [6.07, 6.45) is 7.20. The summed E-state index contributed by atoms with van der Waals surface area (Å²) in [5, 5.41) is 7.98. The van der Waals surface area contributed by atoms with Gasteiger partial charge in [-0.2, -0.15) is 5.10 Å². The predicted molar refractivity (Wildman–Crippen MR) is 66.9 cm³/mol. The average Bonchev–Trinajstić information content (AvgIpc) is 2.77. The number of aromatic nitrogens is 4. The van der Waals surface area contributed by atoms with E-state index in [4.69, 9.17) is 0 Å². The van der Waals surface area contributed by atoms with Crippen LogP contribution in [-0.2, 0) is 0 Å². The van der Waals surface area contributed by atoms with Gasteiger partial charge in [0.05, 0.1) is 11.6 Å². The number of nitrogens with zero attached hydrogens (tertiary/aromatic N) is 4. The normalized spacial score (nSPS) is 25.4. The van der Waals surface area contributed by atoms with Gasteiger partial charge in [-0.25, -0.2) is 9.97 Å². The van der Waals surface area contributed by atoms with Gasteiger partial charge in [0, 0.05) is 12.1 Å². The van der Waals surface area contributed by atoms with Crippen LogP contribution in [0.4, 0.5) is 5.82 Å². The van der Waals surface area contributed by atoms with Crippen LogP contribution in [0, 0.1) is 0 Å². The van der Waals surface area contributed by atoms with E-state index in [9.17, 15) is 0 Å². The van der Waals surface area contributed by atoms with E-state index in [1.54, 1.807) is 6.33 Å². The molecule has 5 nitrogen and oxygen atoms in total. The zero-order chi connectivity index (χ0) is 11.8. The molecule has 1 saturated heterocycles. The van der Waals surface area contributed by atoms with E-state index in [-0.39, 0.29) is 0 Å². The maximum atomic E-state index is 4.46. The van der Waals surface area contributed by atoms with Crippen molar-refractivity contribution < 1.29 is 0 Å². The maximum Gasteiger partial charge on any atom is 0.160 e. The van der Waals surface area contributed by atoms with Crippen molar-refractivity contribution in [2.45, 2.75) is 45.2 Å². The van der Waals surface area contributed by atoms with Crippen LogP contribution < -0.4 is 4.90 Å². The average molecular weight is 231 g/mol. The molecule has 17 heavy (non-hydrogen) atoms. The van der Waals surface area contributed by atoms with Crippen LogP contribution in [0.5, 0.6) is 0 Å². The number of nitrogens with one attached hydrogen (secondary N) is 1. The Morgan fingerprint density at radius 1 is 1.24 bits per heavy atom. The lowest BCUT2D eigenvalue weighted by Crippen LogP contribution is -2.44. The quantitative estimate of drug-likeness (QED) is 0.816. The highest BCUT2D eigenvalue weighted by atomic mass is 15.3. The number of piperidine rings is 1. The molecular formula is C12H17N5. The molecule has 90 valence electrons. The first-order valence-corrected chi connectivity index (χ1v) is 6.20. The second kappa shape index (κ2) is 3.98. The summed E-state index contributed by atoms with van der Waals surface area (Å²) in [5.41, 5.74) is 0.819. The minimum absolute atomic E-state index is 0.534. The molecule has 0 amide bonds. The van der Waals surface area contributed by atoms with E-state index in [1.807, 2.05) is 6.20 Å². The van der Waals surface area contributed by atoms with Gasteiger partial charge in [0.1, 0.15) is 12.1 Å². The second-order valence-electron chi connectivity index (χ2n) is 4.87. The number of anilines is 1. The number of hydrogen-bond donors (Lipinski definition) is 1. The van der Waals surface area contributed by atoms with Gasteiger partial charge >= 0.3 is 0 Å². The fourth-order valence-electron chi connectivity index (χ4n) is 2.80. The van der Waals surface area contributed by atoms with E-state index in [0.29, 0.717) is 12.1 Å². The van der Waals surface area contributed by atoms with Gasteiger partial charge in [-0.1, -0.05) is 0 Å². The number of rotatable bonds is 1. The van der Waals surface area contributed by atoms with Gasteiger partial charge in [0.2, 0.25) is 0 Å². The van der Waals surface area contributed by atoms with Crippen LogP contribution in [-0.4, -0.2) is 32.2 Å². The molecule has 1 aliphatic heterocycles. The largest absolute Gasteiger partial charge is 0.350 e. The third kappa shape index (κ3) is 1.66. The minimum Gasteiger partial charge on any atom is -0.350 e. The summed E-state index contributed by atoms with van der Waals surface area (Å²) in [5.74, 6) is 1.02. The molecule has 0 radical (unpaired) electrons. The molecule has 2 atom stereocenters. The van der Waals surface area contributed by atoms with Crippen LogP contribution in [0.3, 0.4) is 0 Å². The van der Waals surface area contributed by atoms with Gasteiger partial charge in [-0.15, -0.1) is 0 Å². The van der Waals surface area contributed by atoms with Gasteiger partial charge in [0.25, 0.3) is 0 Å². The van der Waals surface area contributed by atoms with E-state index >= 15 is 0 Å². The summed E-state index contributed by atoms with van der Waals surface area (Å²) in [6, 6.07) is 1.07. The second-order valence-corrected chi connectivity index (χ2v) is 4.87.